The van der Waals surface area contributed by atoms with Crippen LogP contribution in [0.4, 0.5) is 4.79 Å². The smallest absolute Gasteiger partial charge is 0.426 e. The van der Waals surface area contributed by atoms with Gasteiger partial charge in [-0.05, 0) is 43.6 Å². The number of hydroxylamine groups is 2. The first kappa shape index (κ1) is 21.1. The fraction of sp³-hybridized carbons (Fsp3) is 0.778. The number of carbonyl (C=O) groups excluding carboxylic acids is 2. The van der Waals surface area contributed by atoms with Crippen molar-refractivity contribution in [3.63, 3.8) is 0 Å². The van der Waals surface area contributed by atoms with Gasteiger partial charge in [-0.25, -0.2) is 4.79 Å². The molecule has 8 heteroatoms. The molecule has 7 nitrogen and oxygen atoms in total. The molecule has 0 aliphatic carbocycles. The highest BCUT2D eigenvalue weighted by atomic mass is 32.2. The molecule has 0 saturated carbocycles. The van der Waals surface area contributed by atoms with Crippen LogP contribution in [0.1, 0.15) is 38.5 Å². The predicted molar refractivity (Wildman–Crippen MR) is 103 cm³/mol. The second kappa shape index (κ2) is 11.5. The molecule has 0 spiro atoms. The summed E-state index contributed by atoms with van der Waals surface area (Å²) in [6.45, 7) is 5.06. The van der Waals surface area contributed by atoms with Crippen LogP contribution < -0.4 is 10.6 Å². The number of carbonyl (C=O) groups is 2. The Morgan fingerprint density at radius 3 is 3.00 bits per heavy atom. The van der Waals surface area contributed by atoms with Gasteiger partial charge in [0.15, 0.2) is 0 Å². The lowest BCUT2D eigenvalue weighted by Crippen LogP contribution is -2.46. The molecule has 2 rings (SSSR count). The summed E-state index contributed by atoms with van der Waals surface area (Å²) in [7, 11) is 1.37. The molecule has 0 aromatic carbocycles. The van der Waals surface area contributed by atoms with Gasteiger partial charge in [0.25, 0.3) is 0 Å². The number of ether oxygens (including phenoxy) is 1. The van der Waals surface area contributed by atoms with E-state index in [9.17, 15) is 9.59 Å². The van der Waals surface area contributed by atoms with Gasteiger partial charge in [0.05, 0.1) is 7.11 Å². The Balaban J connectivity index is 1.71. The number of hydrogen-bond acceptors (Lipinski definition) is 7. The van der Waals surface area contributed by atoms with Crippen molar-refractivity contribution >= 4 is 23.8 Å². The topological polar surface area (TPSA) is 79.9 Å². The van der Waals surface area contributed by atoms with E-state index in [0.29, 0.717) is 13.0 Å². The molecule has 2 aliphatic rings. The first-order chi connectivity index (χ1) is 12.6. The van der Waals surface area contributed by atoms with E-state index in [4.69, 9.17) is 9.57 Å². The van der Waals surface area contributed by atoms with Crippen LogP contribution in [0.15, 0.2) is 12.7 Å². The lowest BCUT2D eigenvalue weighted by molar-refractivity contribution is -0.146. The maximum absolute atomic E-state index is 12.2. The molecule has 2 N–H and O–H groups in total. The van der Waals surface area contributed by atoms with Crippen molar-refractivity contribution in [1.29, 1.82) is 0 Å². The number of nitrogens with zero attached hydrogens (tertiary/aromatic N) is 1. The van der Waals surface area contributed by atoms with Gasteiger partial charge in [0.2, 0.25) is 0 Å². The first-order valence-electron chi connectivity index (χ1n) is 9.39. The van der Waals surface area contributed by atoms with E-state index in [2.05, 4.69) is 17.2 Å². The van der Waals surface area contributed by atoms with Gasteiger partial charge in [-0.2, -0.15) is 11.8 Å². The van der Waals surface area contributed by atoms with Crippen LogP contribution in [-0.4, -0.2) is 67.0 Å². The quantitative estimate of drug-likeness (QED) is 0.357. The first-order valence-corrected chi connectivity index (χ1v) is 10.5. The summed E-state index contributed by atoms with van der Waals surface area (Å²) in [6, 6.07) is -0.194. The molecule has 148 valence electrons. The van der Waals surface area contributed by atoms with Gasteiger partial charge in [0, 0.05) is 25.2 Å². The monoisotopic (exact) mass is 385 g/mol. The largest absolute Gasteiger partial charge is 0.468 e. The summed E-state index contributed by atoms with van der Waals surface area (Å²) in [4.78, 5) is 29.3. The van der Waals surface area contributed by atoms with Gasteiger partial charge in [0.1, 0.15) is 6.04 Å². The SMILES string of the molecule is C=CCCSCCC1CCCCN1OC(=O)N[C@H]1CN[C@H](C(=O)OC)C1. The minimum atomic E-state index is -0.437. The molecule has 2 heterocycles. The molecule has 0 radical (unpaired) electrons. The molecule has 2 aliphatic heterocycles. The maximum Gasteiger partial charge on any atom is 0.426 e. The van der Waals surface area contributed by atoms with E-state index in [0.717, 1.165) is 43.7 Å². The Morgan fingerprint density at radius 2 is 2.23 bits per heavy atom. The zero-order chi connectivity index (χ0) is 18.8. The molecule has 0 aromatic rings. The maximum atomic E-state index is 12.2. The number of thioether (sulfide) groups is 1. The number of esters is 1. The van der Waals surface area contributed by atoms with Crippen molar-refractivity contribution in [3.05, 3.63) is 12.7 Å². The Hall–Kier alpha value is -1.25. The van der Waals surface area contributed by atoms with Crippen molar-refractivity contribution < 1.29 is 19.2 Å². The van der Waals surface area contributed by atoms with Crippen LogP contribution in [0.2, 0.25) is 0 Å². The van der Waals surface area contributed by atoms with Gasteiger partial charge < -0.3 is 20.2 Å². The Labute approximate surface area is 160 Å². The summed E-state index contributed by atoms with van der Waals surface area (Å²) >= 11 is 1.92. The number of allylic oxidation sites excluding steroid dienone is 1. The van der Waals surface area contributed by atoms with Gasteiger partial charge in [-0.1, -0.05) is 12.5 Å². The lowest BCUT2D eigenvalue weighted by atomic mass is 10.0. The van der Waals surface area contributed by atoms with Gasteiger partial charge in [-0.3, -0.25) is 4.79 Å². The van der Waals surface area contributed by atoms with Crippen LogP contribution in [0.3, 0.4) is 0 Å². The number of nitrogens with one attached hydrogen (secondary N) is 2. The zero-order valence-electron chi connectivity index (χ0n) is 15.6. The highest BCUT2D eigenvalue weighted by Crippen LogP contribution is 2.22. The number of rotatable bonds is 9. The van der Waals surface area contributed by atoms with E-state index in [1.54, 1.807) is 0 Å². The fourth-order valence-electron chi connectivity index (χ4n) is 3.34. The summed E-state index contributed by atoms with van der Waals surface area (Å²) in [5.74, 6) is 1.86. The van der Waals surface area contributed by atoms with Crippen molar-refractivity contribution in [3.8, 4) is 0 Å². The second-order valence-electron chi connectivity index (χ2n) is 6.71. The zero-order valence-corrected chi connectivity index (χ0v) is 16.4. The molecule has 1 amide bonds. The third-order valence-electron chi connectivity index (χ3n) is 4.77. The van der Waals surface area contributed by atoms with Gasteiger partial charge >= 0.3 is 12.1 Å². The standard InChI is InChI=1S/C18H31N3O4S/c1-3-4-10-26-11-8-15-7-5-6-9-21(15)25-18(23)20-14-12-16(19-13-14)17(22)24-2/h3,14-16,19H,1,4-13H2,2H3,(H,20,23)/t14-,15?,16+/m1/s1. The normalized spacial score (nSPS) is 26.3. The van der Waals surface area contributed by atoms with Crippen LogP contribution >= 0.6 is 11.8 Å². The highest BCUT2D eigenvalue weighted by molar-refractivity contribution is 7.99. The summed E-state index contributed by atoms with van der Waals surface area (Å²) in [5, 5.41) is 7.74. The Morgan fingerprint density at radius 1 is 1.38 bits per heavy atom. The number of hydrogen-bond donors (Lipinski definition) is 2. The van der Waals surface area contributed by atoms with E-state index in [-0.39, 0.29) is 24.1 Å². The molecule has 2 saturated heterocycles. The average molecular weight is 386 g/mol. The molecule has 1 unspecified atom stereocenters. The summed E-state index contributed by atoms with van der Waals surface area (Å²) in [5.41, 5.74) is 0. The van der Waals surface area contributed by atoms with E-state index in [1.807, 2.05) is 22.9 Å². The van der Waals surface area contributed by atoms with Crippen molar-refractivity contribution in [2.24, 2.45) is 0 Å². The number of piperidine rings is 1. The van der Waals surface area contributed by atoms with Crippen LogP contribution in [0, 0.1) is 0 Å². The van der Waals surface area contributed by atoms with Crippen molar-refractivity contribution in [1.82, 2.24) is 15.7 Å². The number of methoxy groups -OCH3 is 1. The van der Waals surface area contributed by atoms with Crippen molar-refractivity contribution in [2.45, 2.75) is 56.7 Å². The summed E-state index contributed by atoms with van der Waals surface area (Å²) < 4.78 is 4.72. The Bertz CT molecular complexity index is 477. The molecular formula is C18H31N3O4S. The average Bonchev–Trinajstić information content (AvgIpc) is 3.10. The van der Waals surface area contributed by atoms with E-state index < -0.39 is 6.09 Å². The Kier molecular flexibility index (Phi) is 9.28. The number of amides is 1. The van der Waals surface area contributed by atoms with Crippen LogP contribution in [-0.2, 0) is 14.4 Å². The summed E-state index contributed by atoms with van der Waals surface area (Å²) in [6.07, 6.45) is 7.35. The minimum absolute atomic E-state index is 0.121. The molecule has 3 atom stereocenters. The van der Waals surface area contributed by atoms with Crippen molar-refractivity contribution in [2.75, 3.05) is 31.7 Å². The lowest BCUT2D eigenvalue weighted by Gasteiger charge is -2.34. The van der Waals surface area contributed by atoms with E-state index >= 15 is 0 Å². The highest BCUT2D eigenvalue weighted by Gasteiger charge is 2.32. The minimum Gasteiger partial charge on any atom is -0.468 e. The third kappa shape index (κ3) is 6.81. The molecule has 0 aromatic heterocycles. The molecule has 26 heavy (non-hydrogen) atoms. The predicted octanol–water partition coefficient (Wildman–Crippen LogP) is 2.08. The van der Waals surface area contributed by atoms with Crippen LogP contribution in [0.25, 0.3) is 0 Å². The van der Waals surface area contributed by atoms with Gasteiger partial charge in [-0.15, -0.1) is 11.6 Å². The molecular weight excluding hydrogens is 354 g/mol. The molecule has 0 bridgehead atoms. The third-order valence-corrected chi connectivity index (χ3v) is 5.82. The van der Waals surface area contributed by atoms with Crippen LogP contribution in [0.5, 0.6) is 0 Å². The second-order valence-corrected chi connectivity index (χ2v) is 7.93. The van der Waals surface area contributed by atoms with E-state index in [1.165, 1.54) is 13.5 Å². The fourth-order valence-corrected chi connectivity index (χ4v) is 4.31. The molecule has 2 fully saturated rings.